The van der Waals surface area contributed by atoms with Gasteiger partial charge in [0.25, 0.3) is 0 Å². The van der Waals surface area contributed by atoms with Crippen LogP contribution in [0.1, 0.15) is 47.5 Å². The average molecular weight is 224 g/mol. The van der Waals surface area contributed by atoms with Crippen molar-refractivity contribution in [3.05, 3.63) is 0 Å². The summed E-state index contributed by atoms with van der Waals surface area (Å²) in [6.45, 7) is 14.3. The molecule has 0 aromatic heterocycles. The van der Waals surface area contributed by atoms with Gasteiger partial charge in [-0.2, -0.15) is 0 Å². The molecule has 0 aliphatic heterocycles. The fourth-order valence-electron chi connectivity index (χ4n) is 2.27. The van der Waals surface area contributed by atoms with Crippen molar-refractivity contribution < 1.29 is 0 Å². The lowest BCUT2D eigenvalue weighted by Gasteiger charge is -2.43. The van der Waals surface area contributed by atoms with Gasteiger partial charge in [-0.25, -0.2) is 0 Å². The first-order valence-electron chi connectivity index (χ1n) is 6.46. The van der Waals surface area contributed by atoms with Gasteiger partial charge in [-0.3, -0.25) is 4.90 Å². The zero-order valence-corrected chi connectivity index (χ0v) is 11.6. The summed E-state index contributed by atoms with van der Waals surface area (Å²) in [7, 11) is 0. The fourth-order valence-corrected chi connectivity index (χ4v) is 2.27. The van der Waals surface area contributed by atoms with Crippen LogP contribution in [0, 0.1) is 12.3 Å². The molecule has 0 saturated carbocycles. The molecule has 0 aromatic rings. The van der Waals surface area contributed by atoms with Crippen LogP contribution in [0.25, 0.3) is 0 Å². The number of rotatable bonds is 8. The summed E-state index contributed by atoms with van der Waals surface area (Å²) < 4.78 is 0. The zero-order valence-electron chi connectivity index (χ0n) is 11.6. The monoisotopic (exact) mass is 224 g/mol. The van der Waals surface area contributed by atoms with E-state index in [-0.39, 0.29) is 5.54 Å². The highest BCUT2D eigenvalue weighted by Crippen LogP contribution is 2.20. The van der Waals surface area contributed by atoms with Crippen molar-refractivity contribution in [3.8, 4) is 12.3 Å². The van der Waals surface area contributed by atoms with Gasteiger partial charge in [0.2, 0.25) is 0 Å². The Balaban J connectivity index is 4.65. The second-order valence-corrected chi connectivity index (χ2v) is 4.74. The molecular weight excluding hydrogens is 196 g/mol. The Kier molecular flexibility index (Phi) is 7.45. The fraction of sp³-hybridized carbons (Fsp3) is 0.857. The van der Waals surface area contributed by atoms with Crippen LogP contribution in [0.4, 0.5) is 0 Å². The molecule has 1 N–H and O–H groups in total. The predicted octanol–water partition coefficient (Wildman–Crippen LogP) is 2.50. The second kappa shape index (κ2) is 7.70. The van der Waals surface area contributed by atoms with Crippen LogP contribution in [0.2, 0.25) is 0 Å². The first kappa shape index (κ1) is 15.5. The van der Waals surface area contributed by atoms with Gasteiger partial charge in [-0.05, 0) is 39.9 Å². The molecule has 0 rings (SSSR count). The minimum atomic E-state index is 0.116. The van der Waals surface area contributed by atoms with Gasteiger partial charge in [-0.15, -0.1) is 12.3 Å². The van der Waals surface area contributed by atoms with Crippen molar-refractivity contribution in [2.24, 2.45) is 0 Å². The van der Waals surface area contributed by atoms with E-state index in [1.807, 2.05) is 0 Å². The van der Waals surface area contributed by atoms with Crippen molar-refractivity contribution in [1.29, 1.82) is 0 Å². The molecule has 0 heterocycles. The maximum atomic E-state index is 5.47. The van der Waals surface area contributed by atoms with Crippen LogP contribution in [0.3, 0.4) is 0 Å². The van der Waals surface area contributed by atoms with E-state index < -0.39 is 0 Å². The molecule has 0 radical (unpaired) electrons. The molecular formula is C14H28N2. The Labute approximate surface area is 102 Å². The average Bonchev–Trinajstić information content (AvgIpc) is 2.25. The predicted molar refractivity (Wildman–Crippen MR) is 72.5 cm³/mol. The third-order valence-electron chi connectivity index (χ3n) is 3.39. The lowest BCUT2D eigenvalue weighted by Crippen LogP contribution is -2.57. The van der Waals surface area contributed by atoms with E-state index in [1.165, 1.54) is 0 Å². The van der Waals surface area contributed by atoms with Crippen LogP contribution in [0.5, 0.6) is 0 Å². The van der Waals surface area contributed by atoms with Crippen LogP contribution in [-0.4, -0.2) is 36.1 Å². The van der Waals surface area contributed by atoms with Gasteiger partial charge >= 0.3 is 0 Å². The molecule has 1 atom stereocenters. The number of nitrogens with one attached hydrogen (secondary N) is 1. The van der Waals surface area contributed by atoms with Crippen LogP contribution in [-0.2, 0) is 0 Å². The molecule has 2 heteroatoms. The van der Waals surface area contributed by atoms with Gasteiger partial charge < -0.3 is 5.32 Å². The highest BCUT2D eigenvalue weighted by atomic mass is 15.2. The summed E-state index contributed by atoms with van der Waals surface area (Å²) in [4.78, 5) is 2.47. The Morgan fingerprint density at radius 2 is 1.81 bits per heavy atom. The van der Waals surface area contributed by atoms with E-state index in [0.29, 0.717) is 6.04 Å². The van der Waals surface area contributed by atoms with E-state index >= 15 is 0 Å². The molecule has 0 aliphatic rings. The third kappa shape index (κ3) is 4.15. The highest BCUT2D eigenvalue weighted by molar-refractivity contribution is 5.00. The van der Waals surface area contributed by atoms with Crippen molar-refractivity contribution in [2.75, 3.05) is 19.6 Å². The molecule has 0 aliphatic carbocycles. The summed E-state index contributed by atoms with van der Waals surface area (Å²) in [6.07, 6.45) is 7.42. The molecule has 0 amide bonds. The molecule has 0 bridgehead atoms. The molecule has 2 nitrogen and oxygen atoms in total. The lowest BCUT2D eigenvalue weighted by molar-refractivity contribution is 0.0930. The molecule has 0 spiro atoms. The smallest absolute Gasteiger partial charge is 0.0356 e. The van der Waals surface area contributed by atoms with Crippen molar-refractivity contribution in [3.63, 3.8) is 0 Å². The number of hydrogen-bond acceptors (Lipinski definition) is 2. The van der Waals surface area contributed by atoms with E-state index in [2.05, 4.69) is 50.8 Å². The van der Waals surface area contributed by atoms with Crippen molar-refractivity contribution in [2.45, 2.75) is 59.0 Å². The first-order valence-corrected chi connectivity index (χ1v) is 6.46. The molecule has 1 unspecified atom stereocenters. The summed E-state index contributed by atoms with van der Waals surface area (Å²) in [5, 5.41) is 3.58. The minimum absolute atomic E-state index is 0.116. The maximum absolute atomic E-state index is 5.47. The van der Waals surface area contributed by atoms with Crippen LogP contribution in [0.15, 0.2) is 0 Å². The van der Waals surface area contributed by atoms with E-state index in [9.17, 15) is 0 Å². The Morgan fingerprint density at radius 3 is 2.19 bits per heavy atom. The molecule has 94 valence electrons. The van der Waals surface area contributed by atoms with Gasteiger partial charge in [0, 0.05) is 18.0 Å². The van der Waals surface area contributed by atoms with Gasteiger partial charge in [0.05, 0.1) is 0 Å². The maximum Gasteiger partial charge on any atom is 0.0356 e. The summed E-state index contributed by atoms with van der Waals surface area (Å²) in [5.41, 5.74) is 0.116. The number of hydrogen-bond donors (Lipinski definition) is 1. The summed E-state index contributed by atoms with van der Waals surface area (Å²) in [6, 6.07) is 0.373. The zero-order chi connectivity index (χ0) is 12.6. The molecule has 0 aromatic carbocycles. The number of terminal acetylenes is 1. The standard InChI is InChI=1S/C14H28N2/c1-7-11-13(15-12-8-2)14(5,6)16(9-3)10-4/h1,13,15H,8-12H2,2-6H3. The third-order valence-corrected chi connectivity index (χ3v) is 3.39. The van der Waals surface area contributed by atoms with Crippen LogP contribution >= 0.6 is 0 Å². The van der Waals surface area contributed by atoms with Crippen molar-refractivity contribution >= 4 is 0 Å². The Bertz CT molecular complexity index is 211. The van der Waals surface area contributed by atoms with Gasteiger partial charge in [0.1, 0.15) is 0 Å². The van der Waals surface area contributed by atoms with Gasteiger partial charge in [0.15, 0.2) is 0 Å². The first-order chi connectivity index (χ1) is 7.54. The van der Waals surface area contributed by atoms with Crippen LogP contribution < -0.4 is 5.32 Å². The second-order valence-electron chi connectivity index (χ2n) is 4.74. The molecule has 0 saturated heterocycles. The summed E-state index contributed by atoms with van der Waals surface area (Å²) in [5.74, 6) is 2.80. The van der Waals surface area contributed by atoms with E-state index in [4.69, 9.17) is 6.42 Å². The Hall–Kier alpha value is -0.520. The van der Waals surface area contributed by atoms with Gasteiger partial charge in [-0.1, -0.05) is 20.8 Å². The largest absolute Gasteiger partial charge is 0.311 e. The van der Waals surface area contributed by atoms with E-state index in [1.54, 1.807) is 0 Å². The number of likely N-dealkylation sites (N-methyl/N-ethyl adjacent to an activating group) is 1. The summed E-state index contributed by atoms with van der Waals surface area (Å²) >= 11 is 0. The van der Waals surface area contributed by atoms with E-state index in [0.717, 1.165) is 32.5 Å². The quantitative estimate of drug-likeness (QED) is 0.637. The normalized spacial score (nSPS) is 13.8. The highest BCUT2D eigenvalue weighted by Gasteiger charge is 2.32. The van der Waals surface area contributed by atoms with Crippen molar-refractivity contribution in [1.82, 2.24) is 10.2 Å². The molecule has 0 fully saturated rings. The lowest BCUT2D eigenvalue weighted by atomic mass is 9.89. The minimum Gasteiger partial charge on any atom is -0.311 e. The molecule has 16 heavy (non-hydrogen) atoms. The topological polar surface area (TPSA) is 15.3 Å². The Morgan fingerprint density at radius 1 is 1.25 bits per heavy atom. The SMILES string of the molecule is C#CCC(NCCC)C(C)(C)N(CC)CC. The number of nitrogens with zero attached hydrogens (tertiary/aromatic N) is 1.